The molecule has 0 aliphatic heterocycles. The average Bonchev–Trinajstić information content (AvgIpc) is 2.85. The summed E-state index contributed by atoms with van der Waals surface area (Å²) >= 11 is 0. The first-order chi connectivity index (χ1) is 10.6. The number of carbonyl (C=O) groups is 1. The van der Waals surface area contributed by atoms with Crippen LogP contribution in [0.1, 0.15) is 35.7 Å². The number of nitrogens with one attached hydrogen (secondary N) is 1. The number of rotatable bonds is 3. The Labute approximate surface area is 129 Å². The van der Waals surface area contributed by atoms with Gasteiger partial charge in [-0.05, 0) is 41.8 Å². The van der Waals surface area contributed by atoms with Crippen molar-refractivity contribution in [2.75, 3.05) is 5.32 Å². The SMILES string of the molecule is CC(C)c1cn(C)c2ccc(C(=O)Nc3ccncc3)cc12. The Morgan fingerprint density at radius 1 is 1.18 bits per heavy atom. The molecule has 2 aromatic heterocycles. The zero-order valence-electron chi connectivity index (χ0n) is 13.0. The third-order valence-corrected chi connectivity index (χ3v) is 3.84. The van der Waals surface area contributed by atoms with Gasteiger partial charge in [0.05, 0.1) is 0 Å². The van der Waals surface area contributed by atoms with E-state index in [2.05, 4.69) is 34.9 Å². The van der Waals surface area contributed by atoms with Crippen molar-refractivity contribution < 1.29 is 4.79 Å². The van der Waals surface area contributed by atoms with Crippen LogP contribution in [0.25, 0.3) is 10.9 Å². The van der Waals surface area contributed by atoms with E-state index in [0.717, 1.165) is 16.6 Å². The lowest BCUT2D eigenvalue weighted by atomic mass is 10.0. The largest absolute Gasteiger partial charge is 0.350 e. The van der Waals surface area contributed by atoms with Gasteiger partial charge in [0.25, 0.3) is 5.91 Å². The van der Waals surface area contributed by atoms with E-state index in [4.69, 9.17) is 0 Å². The lowest BCUT2D eigenvalue weighted by Gasteiger charge is -2.07. The second kappa shape index (κ2) is 5.64. The van der Waals surface area contributed by atoms with Crippen LogP contribution in [0.4, 0.5) is 5.69 Å². The topological polar surface area (TPSA) is 46.9 Å². The summed E-state index contributed by atoms with van der Waals surface area (Å²) in [6.07, 6.45) is 5.46. The summed E-state index contributed by atoms with van der Waals surface area (Å²) in [5.41, 5.74) is 3.81. The quantitative estimate of drug-likeness (QED) is 0.795. The summed E-state index contributed by atoms with van der Waals surface area (Å²) in [5.74, 6) is 0.314. The Bertz CT molecular complexity index is 819. The number of carbonyl (C=O) groups excluding carboxylic acids is 1. The average molecular weight is 293 g/mol. The molecule has 3 rings (SSSR count). The van der Waals surface area contributed by atoms with Crippen LogP contribution < -0.4 is 5.32 Å². The summed E-state index contributed by atoms with van der Waals surface area (Å²) in [7, 11) is 2.03. The van der Waals surface area contributed by atoms with E-state index in [1.54, 1.807) is 24.5 Å². The molecule has 22 heavy (non-hydrogen) atoms. The van der Waals surface area contributed by atoms with Gasteiger partial charge >= 0.3 is 0 Å². The lowest BCUT2D eigenvalue weighted by Crippen LogP contribution is -2.11. The number of aryl methyl sites for hydroxylation is 1. The third-order valence-electron chi connectivity index (χ3n) is 3.84. The first-order valence-electron chi connectivity index (χ1n) is 7.36. The Kier molecular flexibility index (Phi) is 3.67. The number of hydrogen-bond acceptors (Lipinski definition) is 2. The van der Waals surface area contributed by atoms with Crippen LogP contribution >= 0.6 is 0 Å². The van der Waals surface area contributed by atoms with Crippen LogP contribution in [0.15, 0.2) is 48.9 Å². The smallest absolute Gasteiger partial charge is 0.255 e. The molecule has 0 spiro atoms. The molecule has 0 aliphatic carbocycles. The first-order valence-corrected chi connectivity index (χ1v) is 7.36. The number of hydrogen-bond donors (Lipinski definition) is 1. The van der Waals surface area contributed by atoms with E-state index >= 15 is 0 Å². The van der Waals surface area contributed by atoms with E-state index in [1.165, 1.54) is 5.56 Å². The van der Waals surface area contributed by atoms with Crippen molar-refractivity contribution in [1.82, 2.24) is 9.55 Å². The molecule has 0 radical (unpaired) electrons. The normalized spacial score (nSPS) is 11.1. The molecule has 0 atom stereocenters. The van der Waals surface area contributed by atoms with Crippen LogP contribution in [-0.4, -0.2) is 15.5 Å². The zero-order valence-corrected chi connectivity index (χ0v) is 13.0. The highest BCUT2D eigenvalue weighted by atomic mass is 16.1. The highest BCUT2D eigenvalue weighted by Crippen LogP contribution is 2.28. The molecule has 3 aromatic rings. The van der Waals surface area contributed by atoms with E-state index in [1.807, 2.05) is 25.2 Å². The predicted octanol–water partition coefficient (Wildman–Crippen LogP) is 3.95. The van der Waals surface area contributed by atoms with Crippen molar-refractivity contribution in [2.45, 2.75) is 19.8 Å². The molecular weight excluding hydrogens is 274 g/mol. The van der Waals surface area contributed by atoms with E-state index < -0.39 is 0 Å². The van der Waals surface area contributed by atoms with Crippen LogP contribution in [0.2, 0.25) is 0 Å². The summed E-state index contributed by atoms with van der Waals surface area (Å²) in [6, 6.07) is 9.39. The minimum absolute atomic E-state index is 0.105. The molecule has 4 nitrogen and oxygen atoms in total. The number of fused-ring (bicyclic) bond motifs is 1. The molecule has 0 unspecified atom stereocenters. The minimum Gasteiger partial charge on any atom is -0.350 e. The highest BCUT2D eigenvalue weighted by molar-refractivity contribution is 6.06. The van der Waals surface area contributed by atoms with Crippen molar-refractivity contribution in [1.29, 1.82) is 0 Å². The maximum absolute atomic E-state index is 12.4. The maximum atomic E-state index is 12.4. The molecule has 1 amide bonds. The number of nitrogens with zero attached hydrogens (tertiary/aromatic N) is 2. The molecule has 1 aromatic carbocycles. The monoisotopic (exact) mass is 293 g/mol. The molecule has 4 heteroatoms. The van der Waals surface area contributed by atoms with E-state index in [0.29, 0.717) is 11.5 Å². The van der Waals surface area contributed by atoms with Gasteiger partial charge in [-0.2, -0.15) is 0 Å². The molecular formula is C18H19N3O. The molecule has 112 valence electrons. The molecule has 0 aliphatic rings. The summed E-state index contributed by atoms with van der Waals surface area (Å²) in [6.45, 7) is 4.33. The standard InChI is InChI=1S/C18H19N3O/c1-12(2)16-11-21(3)17-5-4-13(10-15(16)17)18(22)20-14-6-8-19-9-7-14/h4-12H,1-3H3,(H,19,20,22). The number of anilines is 1. The van der Waals surface area contributed by atoms with Crippen molar-refractivity contribution >= 4 is 22.5 Å². The zero-order chi connectivity index (χ0) is 15.7. The third kappa shape index (κ3) is 2.60. The molecule has 2 heterocycles. The van der Waals surface area contributed by atoms with Gasteiger partial charge in [0.1, 0.15) is 0 Å². The molecule has 1 N–H and O–H groups in total. The Morgan fingerprint density at radius 2 is 1.91 bits per heavy atom. The molecule has 0 fully saturated rings. The van der Waals surface area contributed by atoms with Gasteiger partial charge in [0, 0.05) is 47.8 Å². The first kappa shape index (κ1) is 14.3. The Balaban J connectivity index is 1.97. The van der Waals surface area contributed by atoms with Crippen LogP contribution in [0, 0.1) is 0 Å². The van der Waals surface area contributed by atoms with Crippen LogP contribution in [-0.2, 0) is 7.05 Å². The Hall–Kier alpha value is -2.62. The second-order valence-electron chi connectivity index (χ2n) is 5.77. The summed E-state index contributed by atoms with van der Waals surface area (Å²) < 4.78 is 2.11. The van der Waals surface area contributed by atoms with Gasteiger partial charge in [-0.3, -0.25) is 9.78 Å². The lowest BCUT2D eigenvalue weighted by molar-refractivity contribution is 0.102. The van der Waals surface area contributed by atoms with Gasteiger partial charge in [-0.1, -0.05) is 13.8 Å². The fraction of sp³-hybridized carbons (Fsp3) is 0.222. The fourth-order valence-corrected chi connectivity index (χ4v) is 2.66. The van der Waals surface area contributed by atoms with Gasteiger partial charge in [-0.15, -0.1) is 0 Å². The number of amides is 1. The molecule has 0 bridgehead atoms. The highest BCUT2D eigenvalue weighted by Gasteiger charge is 2.13. The summed E-state index contributed by atoms with van der Waals surface area (Å²) in [5, 5.41) is 4.03. The van der Waals surface area contributed by atoms with Gasteiger partial charge < -0.3 is 9.88 Å². The van der Waals surface area contributed by atoms with E-state index in [-0.39, 0.29) is 5.91 Å². The van der Waals surface area contributed by atoms with Gasteiger partial charge in [-0.25, -0.2) is 0 Å². The minimum atomic E-state index is -0.105. The van der Waals surface area contributed by atoms with Crippen molar-refractivity contribution in [2.24, 2.45) is 7.05 Å². The van der Waals surface area contributed by atoms with Crippen molar-refractivity contribution in [3.05, 3.63) is 60.0 Å². The van der Waals surface area contributed by atoms with E-state index in [9.17, 15) is 4.79 Å². The number of benzene rings is 1. The Morgan fingerprint density at radius 3 is 2.59 bits per heavy atom. The van der Waals surface area contributed by atoms with Gasteiger partial charge in [0.15, 0.2) is 0 Å². The fourth-order valence-electron chi connectivity index (χ4n) is 2.66. The van der Waals surface area contributed by atoms with Crippen molar-refractivity contribution in [3.63, 3.8) is 0 Å². The summed E-state index contributed by atoms with van der Waals surface area (Å²) in [4.78, 5) is 16.4. The van der Waals surface area contributed by atoms with Gasteiger partial charge in [0.2, 0.25) is 0 Å². The molecule has 0 saturated heterocycles. The van der Waals surface area contributed by atoms with Crippen molar-refractivity contribution in [3.8, 4) is 0 Å². The molecule has 0 saturated carbocycles. The van der Waals surface area contributed by atoms with Crippen LogP contribution in [0.5, 0.6) is 0 Å². The van der Waals surface area contributed by atoms with Crippen LogP contribution in [0.3, 0.4) is 0 Å². The predicted molar refractivity (Wildman–Crippen MR) is 89.2 cm³/mol. The maximum Gasteiger partial charge on any atom is 0.255 e. The number of aromatic nitrogens is 2. The number of pyridine rings is 1. The second-order valence-corrected chi connectivity index (χ2v) is 5.77.